The highest BCUT2D eigenvalue weighted by atomic mass is 16.6. The number of nitrogens with zero attached hydrogens (tertiary/aromatic N) is 1. The van der Waals surface area contributed by atoms with E-state index < -0.39 is 16.5 Å². The van der Waals surface area contributed by atoms with Crippen LogP contribution in [0.2, 0.25) is 0 Å². The van der Waals surface area contributed by atoms with Gasteiger partial charge in [0.05, 0.1) is 31.8 Å². The van der Waals surface area contributed by atoms with Gasteiger partial charge in [-0.3, -0.25) is 19.7 Å². The molecule has 2 N–H and O–H groups in total. The Hall–Kier alpha value is -3.82. The molecule has 160 valence electrons. The number of hydrogen-bond donors (Lipinski definition) is 2. The Morgan fingerprint density at radius 3 is 2.13 bits per heavy atom. The number of nitro groups is 1. The highest BCUT2D eigenvalue weighted by Crippen LogP contribution is 2.34. The maximum atomic E-state index is 12.5. The van der Waals surface area contributed by atoms with Gasteiger partial charge in [0.15, 0.2) is 11.5 Å². The molecule has 0 radical (unpaired) electrons. The SMILES string of the molecule is CCOc1cc(C(=O)NCCNC(=O)c2ccc(OC)cc2)c([N+](=O)[O-])cc1OC. The number of nitro benzene ring substituents is 1. The monoisotopic (exact) mass is 417 g/mol. The number of hydrogen-bond acceptors (Lipinski definition) is 7. The first-order chi connectivity index (χ1) is 14.4. The second-order valence-corrected chi connectivity index (χ2v) is 5.95. The van der Waals surface area contributed by atoms with Crippen LogP contribution in [0.5, 0.6) is 17.2 Å². The van der Waals surface area contributed by atoms with Gasteiger partial charge >= 0.3 is 0 Å². The van der Waals surface area contributed by atoms with E-state index in [0.717, 1.165) is 6.07 Å². The summed E-state index contributed by atoms with van der Waals surface area (Å²) in [6.45, 7) is 2.26. The molecule has 0 aliphatic rings. The minimum Gasteiger partial charge on any atom is -0.497 e. The standard InChI is InChI=1S/C20H23N3O7/c1-4-30-18-11-15(16(23(26)27)12-17(18)29-3)20(25)22-10-9-21-19(24)13-5-7-14(28-2)8-6-13/h5-8,11-12H,4,9-10H2,1-3H3,(H,21,24)(H,22,25). The first-order valence-electron chi connectivity index (χ1n) is 9.10. The number of methoxy groups -OCH3 is 2. The summed E-state index contributed by atoms with van der Waals surface area (Å²) in [7, 11) is 2.88. The fraction of sp³-hybridized carbons (Fsp3) is 0.300. The Kier molecular flexibility index (Phi) is 7.98. The average Bonchev–Trinajstić information content (AvgIpc) is 2.76. The molecule has 2 aromatic rings. The normalized spacial score (nSPS) is 10.1. The largest absolute Gasteiger partial charge is 0.497 e. The highest BCUT2D eigenvalue weighted by molar-refractivity contribution is 5.99. The molecule has 0 atom stereocenters. The van der Waals surface area contributed by atoms with Crippen molar-refractivity contribution in [2.45, 2.75) is 6.92 Å². The quantitative estimate of drug-likeness (QED) is 0.344. The number of carbonyl (C=O) groups excluding carboxylic acids is 2. The summed E-state index contributed by atoms with van der Waals surface area (Å²) in [5.74, 6) is 0.0340. The van der Waals surface area contributed by atoms with Crippen LogP contribution in [-0.2, 0) is 0 Å². The van der Waals surface area contributed by atoms with Crippen molar-refractivity contribution in [3.63, 3.8) is 0 Å². The lowest BCUT2D eigenvalue weighted by molar-refractivity contribution is -0.385. The van der Waals surface area contributed by atoms with Crippen LogP contribution in [-0.4, -0.2) is 50.7 Å². The highest BCUT2D eigenvalue weighted by Gasteiger charge is 2.24. The van der Waals surface area contributed by atoms with Crippen LogP contribution < -0.4 is 24.8 Å². The van der Waals surface area contributed by atoms with Crippen molar-refractivity contribution in [3.8, 4) is 17.2 Å². The molecule has 10 nitrogen and oxygen atoms in total. The van der Waals surface area contributed by atoms with Crippen molar-refractivity contribution in [2.75, 3.05) is 33.9 Å². The van der Waals surface area contributed by atoms with E-state index in [1.807, 2.05) is 0 Å². The van der Waals surface area contributed by atoms with Crippen LogP contribution in [0.25, 0.3) is 0 Å². The summed E-state index contributed by atoms with van der Waals surface area (Å²) in [4.78, 5) is 35.3. The summed E-state index contributed by atoms with van der Waals surface area (Å²) in [6.07, 6.45) is 0. The second-order valence-electron chi connectivity index (χ2n) is 5.95. The van der Waals surface area contributed by atoms with Crippen LogP contribution in [0.1, 0.15) is 27.6 Å². The first kappa shape index (κ1) is 22.5. The third-order valence-electron chi connectivity index (χ3n) is 4.07. The van der Waals surface area contributed by atoms with E-state index in [2.05, 4.69) is 10.6 Å². The van der Waals surface area contributed by atoms with Crippen LogP contribution in [0.3, 0.4) is 0 Å². The van der Waals surface area contributed by atoms with Crippen LogP contribution >= 0.6 is 0 Å². The minimum absolute atomic E-state index is 0.0773. The fourth-order valence-corrected chi connectivity index (χ4v) is 2.60. The van der Waals surface area contributed by atoms with Gasteiger partial charge in [-0.15, -0.1) is 0 Å². The summed E-state index contributed by atoms with van der Waals surface area (Å²) in [5.41, 5.74) is -0.130. The molecule has 30 heavy (non-hydrogen) atoms. The van der Waals surface area contributed by atoms with Gasteiger partial charge in [0.25, 0.3) is 17.5 Å². The molecule has 0 saturated heterocycles. The topological polar surface area (TPSA) is 129 Å². The van der Waals surface area contributed by atoms with Gasteiger partial charge in [0.1, 0.15) is 11.3 Å². The summed E-state index contributed by atoms with van der Waals surface area (Å²) < 4.78 is 15.5. The molecule has 0 bridgehead atoms. The Bertz CT molecular complexity index is 913. The lowest BCUT2D eigenvalue weighted by Gasteiger charge is -2.12. The molecule has 0 aromatic heterocycles. The molecular weight excluding hydrogens is 394 g/mol. The maximum Gasteiger partial charge on any atom is 0.286 e. The summed E-state index contributed by atoms with van der Waals surface area (Å²) in [6, 6.07) is 8.97. The molecule has 2 amide bonds. The zero-order valence-electron chi connectivity index (χ0n) is 16.9. The zero-order valence-corrected chi connectivity index (χ0v) is 16.9. The molecule has 10 heteroatoms. The van der Waals surface area contributed by atoms with Crippen LogP contribution in [0.15, 0.2) is 36.4 Å². The Morgan fingerprint density at radius 1 is 0.967 bits per heavy atom. The van der Waals surface area contributed by atoms with E-state index in [9.17, 15) is 19.7 Å². The lowest BCUT2D eigenvalue weighted by Crippen LogP contribution is -2.34. The van der Waals surface area contributed by atoms with Crippen molar-refractivity contribution in [2.24, 2.45) is 0 Å². The predicted molar refractivity (Wildman–Crippen MR) is 108 cm³/mol. The van der Waals surface area contributed by atoms with E-state index >= 15 is 0 Å². The molecule has 2 aromatic carbocycles. The Balaban J connectivity index is 2.00. The Labute approximate surface area is 173 Å². The van der Waals surface area contributed by atoms with Crippen molar-refractivity contribution >= 4 is 17.5 Å². The molecule has 0 aliphatic carbocycles. The number of amides is 2. The number of ether oxygens (including phenoxy) is 3. The molecule has 0 saturated carbocycles. The van der Waals surface area contributed by atoms with E-state index in [0.29, 0.717) is 17.9 Å². The second kappa shape index (κ2) is 10.6. The van der Waals surface area contributed by atoms with Gasteiger partial charge in [-0.2, -0.15) is 0 Å². The van der Waals surface area contributed by atoms with E-state index in [-0.39, 0.29) is 36.1 Å². The maximum absolute atomic E-state index is 12.5. The van der Waals surface area contributed by atoms with Crippen molar-refractivity contribution in [1.29, 1.82) is 0 Å². The molecular formula is C20H23N3O7. The molecule has 0 spiro atoms. The molecule has 2 rings (SSSR count). The van der Waals surface area contributed by atoms with E-state index in [1.54, 1.807) is 31.2 Å². The zero-order chi connectivity index (χ0) is 22.1. The van der Waals surface area contributed by atoms with E-state index in [1.165, 1.54) is 20.3 Å². The van der Waals surface area contributed by atoms with Crippen LogP contribution in [0.4, 0.5) is 5.69 Å². The van der Waals surface area contributed by atoms with Crippen molar-refractivity contribution < 1.29 is 28.7 Å². The van der Waals surface area contributed by atoms with Crippen LogP contribution in [0, 0.1) is 10.1 Å². The van der Waals surface area contributed by atoms with Crippen molar-refractivity contribution in [3.05, 3.63) is 57.6 Å². The van der Waals surface area contributed by atoms with Gasteiger partial charge in [-0.05, 0) is 31.2 Å². The third-order valence-corrected chi connectivity index (χ3v) is 4.07. The van der Waals surface area contributed by atoms with Crippen molar-refractivity contribution in [1.82, 2.24) is 10.6 Å². The lowest BCUT2D eigenvalue weighted by atomic mass is 10.1. The summed E-state index contributed by atoms with van der Waals surface area (Å²) in [5, 5.41) is 16.6. The van der Waals surface area contributed by atoms with Gasteiger partial charge in [0.2, 0.25) is 0 Å². The number of carbonyl (C=O) groups is 2. The van der Waals surface area contributed by atoms with Gasteiger partial charge in [0, 0.05) is 24.7 Å². The smallest absolute Gasteiger partial charge is 0.286 e. The third kappa shape index (κ3) is 5.60. The fourth-order valence-electron chi connectivity index (χ4n) is 2.60. The number of benzene rings is 2. The number of rotatable bonds is 10. The van der Waals surface area contributed by atoms with Gasteiger partial charge in [-0.25, -0.2) is 0 Å². The molecule has 0 fully saturated rings. The van der Waals surface area contributed by atoms with E-state index in [4.69, 9.17) is 14.2 Å². The number of nitrogens with one attached hydrogen (secondary N) is 2. The minimum atomic E-state index is -0.668. The average molecular weight is 417 g/mol. The van der Waals surface area contributed by atoms with Gasteiger partial charge in [-0.1, -0.05) is 0 Å². The first-order valence-corrected chi connectivity index (χ1v) is 9.10. The molecule has 0 heterocycles. The predicted octanol–water partition coefficient (Wildman–Crippen LogP) is 2.17. The Morgan fingerprint density at radius 2 is 1.60 bits per heavy atom. The van der Waals surface area contributed by atoms with Gasteiger partial charge < -0.3 is 24.8 Å². The molecule has 0 aliphatic heterocycles. The molecule has 0 unspecified atom stereocenters. The summed E-state index contributed by atoms with van der Waals surface area (Å²) >= 11 is 0.